The molecule has 0 N–H and O–H groups in total. The molecule has 10 nitrogen and oxygen atoms in total. The number of aryl methyl sites for hydroxylation is 1. The molecular formula is C34H33F4N5O5. The topological polar surface area (TPSA) is 107 Å². The SMILES string of the molecule is CCOC(=O)c1cn(C)c2ncc(-c3cnc4c(c3N3CCC(F)(F)C3)-c3c(F)c(F)cc(N(C)C(=O)OC(C)(C)C)c3C4)cc2c1=O. The number of hydrogen-bond acceptors (Lipinski definition) is 8. The molecule has 1 aliphatic heterocycles. The monoisotopic (exact) mass is 667 g/mol. The van der Waals surface area contributed by atoms with Crippen LogP contribution in [-0.2, 0) is 22.9 Å². The van der Waals surface area contributed by atoms with Crippen molar-refractivity contribution in [3.8, 4) is 22.3 Å². The summed E-state index contributed by atoms with van der Waals surface area (Å²) in [6.45, 7) is 5.86. The van der Waals surface area contributed by atoms with Crippen LogP contribution in [0.15, 0.2) is 35.5 Å². The van der Waals surface area contributed by atoms with Crippen LogP contribution in [0.25, 0.3) is 33.3 Å². The Labute approximate surface area is 272 Å². The molecule has 6 rings (SSSR count). The number of esters is 1. The molecule has 14 heteroatoms. The van der Waals surface area contributed by atoms with Crippen LogP contribution in [0.2, 0.25) is 0 Å². The van der Waals surface area contributed by atoms with Crippen molar-refractivity contribution in [2.24, 2.45) is 7.05 Å². The third kappa shape index (κ3) is 5.62. The first-order valence-electron chi connectivity index (χ1n) is 15.3. The van der Waals surface area contributed by atoms with E-state index in [-0.39, 0.29) is 81.1 Å². The van der Waals surface area contributed by atoms with Crippen LogP contribution in [0, 0.1) is 11.6 Å². The Balaban J connectivity index is 1.59. The van der Waals surface area contributed by atoms with Gasteiger partial charge in [0.05, 0.1) is 35.6 Å². The van der Waals surface area contributed by atoms with E-state index in [1.807, 2.05) is 0 Å². The minimum absolute atomic E-state index is 0.0265. The van der Waals surface area contributed by atoms with Crippen LogP contribution >= 0.6 is 0 Å². The molecular weight excluding hydrogens is 634 g/mol. The van der Waals surface area contributed by atoms with Gasteiger partial charge in [0.25, 0.3) is 5.92 Å². The zero-order valence-corrected chi connectivity index (χ0v) is 27.2. The van der Waals surface area contributed by atoms with Crippen molar-refractivity contribution in [2.45, 2.75) is 52.1 Å². The van der Waals surface area contributed by atoms with Crippen LogP contribution in [0.1, 0.15) is 55.7 Å². The smallest absolute Gasteiger partial charge is 0.414 e. The first-order chi connectivity index (χ1) is 22.5. The molecule has 48 heavy (non-hydrogen) atoms. The number of hydrogen-bond donors (Lipinski definition) is 0. The third-order valence-electron chi connectivity index (χ3n) is 8.36. The lowest BCUT2D eigenvalue weighted by Gasteiger charge is -2.27. The molecule has 2 aliphatic rings. The van der Waals surface area contributed by atoms with Gasteiger partial charge in [-0.25, -0.2) is 32.1 Å². The van der Waals surface area contributed by atoms with E-state index in [0.29, 0.717) is 0 Å². The van der Waals surface area contributed by atoms with Gasteiger partial charge in [-0.15, -0.1) is 0 Å². The lowest BCUT2D eigenvalue weighted by atomic mass is 9.97. The molecule has 1 aromatic carbocycles. The van der Waals surface area contributed by atoms with Gasteiger partial charge >= 0.3 is 12.1 Å². The Hall–Kier alpha value is -5.01. The largest absolute Gasteiger partial charge is 0.462 e. The Morgan fingerprint density at radius 1 is 1.10 bits per heavy atom. The van der Waals surface area contributed by atoms with Crippen molar-refractivity contribution in [3.63, 3.8) is 0 Å². The highest BCUT2D eigenvalue weighted by molar-refractivity contribution is 6.00. The first-order valence-corrected chi connectivity index (χ1v) is 15.3. The molecule has 3 aromatic heterocycles. The van der Waals surface area contributed by atoms with Gasteiger partial charge in [-0.3, -0.25) is 14.7 Å². The maximum Gasteiger partial charge on any atom is 0.414 e. The van der Waals surface area contributed by atoms with Gasteiger partial charge in [-0.1, -0.05) is 0 Å². The Morgan fingerprint density at radius 2 is 1.83 bits per heavy atom. The highest BCUT2D eigenvalue weighted by Crippen LogP contribution is 2.51. The predicted octanol–water partition coefficient (Wildman–Crippen LogP) is 6.24. The van der Waals surface area contributed by atoms with E-state index in [0.717, 1.165) is 11.0 Å². The van der Waals surface area contributed by atoms with Crippen LogP contribution in [0.4, 0.5) is 33.7 Å². The van der Waals surface area contributed by atoms with Crippen molar-refractivity contribution in [2.75, 3.05) is 36.5 Å². The standard InChI is InChI=1S/C34H33F4N5O5/c1-7-47-31(45)21-15-41(5)30-19(29(21)44)10-17(13-40-30)20-14-39-23-11-18-24(42(6)32(46)48-33(2,3)4)12-22(35)27(36)25(18)26(23)28(20)43-9-8-34(37,38)16-43/h10,12-15H,7-9,11,16H2,1-6H3. The van der Waals surface area contributed by atoms with E-state index in [2.05, 4.69) is 9.97 Å². The molecule has 0 saturated carbocycles. The number of aromatic nitrogens is 3. The minimum Gasteiger partial charge on any atom is -0.462 e. The van der Waals surface area contributed by atoms with Crippen LogP contribution in [0.5, 0.6) is 0 Å². The fraction of sp³-hybridized carbons (Fsp3) is 0.382. The summed E-state index contributed by atoms with van der Waals surface area (Å²) in [6, 6.07) is 2.37. The highest BCUT2D eigenvalue weighted by atomic mass is 19.3. The molecule has 252 valence electrons. The second-order valence-corrected chi connectivity index (χ2v) is 12.9. The normalized spacial score (nSPS) is 15.0. The van der Waals surface area contributed by atoms with Gasteiger partial charge in [-0.05, 0) is 39.3 Å². The number of benzene rings is 1. The maximum atomic E-state index is 15.9. The van der Waals surface area contributed by atoms with Crippen LogP contribution in [-0.4, -0.2) is 64.9 Å². The highest BCUT2D eigenvalue weighted by Gasteiger charge is 2.42. The molecule has 0 atom stereocenters. The average Bonchev–Trinajstić information content (AvgIpc) is 3.58. The Bertz CT molecular complexity index is 2070. The van der Waals surface area contributed by atoms with E-state index >= 15 is 8.78 Å². The number of fused-ring (bicyclic) bond motifs is 4. The molecule has 0 bridgehead atoms. The lowest BCUT2D eigenvalue weighted by Crippen LogP contribution is -2.34. The van der Waals surface area contributed by atoms with Gasteiger partial charge < -0.3 is 18.9 Å². The quantitative estimate of drug-likeness (QED) is 0.160. The minimum atomic E-state index is -3.07. The predicted molar refractivity (Wildman–Crippen MR) is 171 cm³/mol. The number of pyridine rings is 3. The van der Waals surface area contributed by atoms with E-state index in [1.165, 1.54) is 41.2 Å². The molecule has 1 fully saturated rings. The Kier molecular flexibility index (Phi) is 7.95. The summed E-state index contributed by atoms with van der Waals surface area (Å²) in [5.41, 5.74) is -0.355. The second kappa shape index (κ2) is 11.6. The number of carbonyl (C=O) groups is 2. The lowest BCUT2D eigenvalue weighted by molar-refractivity contribution is 0.0257. The van der Waals surface area contributed by atoms with E-state index in [9.17, 15) is 23.2 Å². The summed E-state index contributed by atoms with van der Waals surface area (Å²) >= 11 is 0. The summed E-state index contributed by atoms with van der Waals surface area (Å²) in [7, 11) is 2.97. The number of ether oxygens (including phenoxy) is 2. The summed E-state index contributed by atoms with van der Waals surface area (Å²) in [5.74, 6) is -6.35. The molecule has 1 aliphatic carbocycles. The van der Waals surface area contributed by atoms with Gasteiger partial charge in [-0.2, -0.15) is 0 Å². The van der Waals surface area contributed by atoms with Crippen molar-refractivity contribution in [3.05, 3.63) is 69.4 Å². The van der Waals surface area contributed by atoms with Crippen molar-refractivity contribution >= 4 is 34.5 Å². The fourth-order valence-electron chi connectivity index (χ4n) is 6.25. The number of alkyl halides is 2. The number of anilines is 2. The van der Waals surface area contributed by atoms with Gasteiger partial charge in [0.2, 0.25) is 5.43 Å². The zero-order chi connectivity index (χ0) is 34.9. The van der Waals surface area contributed by atoms with Crippen LogP contribution in [0.3, 0.4) is 0 Å². The number of carbonyl (C=O) groups excluding carboxylic acids is 2. The van der Waals surface area contributed by atoms with Crippen LogP contribution < -0.4 is 15.2 Å². The number of amides is 1. The molecule has 0 spiro atoms. The Morgan fingerprint density at radius 3 is 2.48 bits per heavy atom. The fourth-order valence-corrected chi connectivity index (χ4v) is 6.25. The number of rotatable bonds is 5. The third-order valence-corrected chi connectivity index (χ3v) is 8.36. The van der Waals surface area contributed by atoms with Crippen molar-refractivity contribution in [1.29, 1.82) is 0 Å². The molecule has 1 amide bonds. The van der Waals surface area contributed by atoms with E-state index < -0.39 is 53.6 Å². The van der Waals surface area contributed by atoms with E-state index in [1.54, 1.807) is 34.7 Å². The van der Waals surface area contributed by atoms with Gasteiger partial charge in [0, 0.05) is 80.4 Å². The summed E-state index contributed by atoms with van der Waals surface area (Å²) in [4.78, 5) is 50.5. The maximum absolute atomic E-state index is 15.9. The molecule has 0 unspecified atom stereocenters. The van der Waals surface area contributed by atoms with Crippen molar-refractivity contribution < 1.29 is 36.6 Å². The molecule has 4 aromatic rings. The summed E-state index contributed by atoms with van der Waals surface area (Å²) in [5, 5.41) is 0.0534. The summed E-state index contributed by atoms with van der Waals surface area (Å²) < 4.78 is 72.8. The number of halogens is 4. The molecule has 0 radical (unpaired) electrons. The number of nitrogens with zero attached hydrogens (tertiary/aromatic N) is 5. The molecule has 1 saturated heterocycles. The van der Waals surface area contributed by atoms with Gasteiger partial charge in [0.15, 0.2) is 11.6 Å². The van der Waals surface area contributed by atoms with Crippen molar-refractivity contribution in [1.82, 2.24) is 14.5 Å². The van der Waals surface area contributed by atoms with E-state index in [4.69, 9.17) is 9.47 Å². The summed E-state index contributed by atoms with van der Waals surface area (Å²) in [6.07, 6.45) is 2.86. The molecule has 4 heterocycles. The van der Waals surface area contributed by atoms with Gasteiger partial charge in [0.1, 0.15) is 16.8 Å². The average molecular weight is 668 g/mol. The first kappa shape index (κ1) is 32.9. The zero-order valence-electron chi connectivity index (χ0n) is 27.2. The second-order valence-electron chi connectivity index (χ2n) is 12.9.